The van der Waals surface area contributed by atoms with Gasteiger partial charge in [-0.25, -0.2) is 0 Å². The molecule has 24 heavy (non-hydrogen) atoms. The van der Waals surface area contributed by atoms with Gasteiger partial charge in [0.2, 0.25) is 0 Å². The molecule has 2 rings (SSSR count). The second-order valence-corrected chi connectivity index (χ2v) is 8.41. The average Bonchev–Trinajstić information content (AvgIpc) is 2.53. The van der Waals surface area contributed by atoms with Gasteiger partial charge in [-0.1, -0.05) is 85.3 Å². The van der Waals surface area contributed by atoms with Crippen molar-refractivity contribution < 1.29 is 0 Å². The quantitative estimate of drug-likeness (QED) is 0.490. The fourth-order valence-corrected chi connectivity index (χ4v) is 4.24. The van der Waals surface area contributed by atoms with Crippen molar-refractivity contribution in [1.82, 2.24) is 5.32 Å². The third-order valence-corrected chi connectivity index (χ3v) is 5.65. The Morgan fingerprint density at radius 1 is 0.958 bits per heavy atom. The average molecular weight is 432 g/mol. The zero-order valence-electron chi connectivity index (χ0n) is 14.3. The lowest BCUT2D eigenvalue weighted by molar-refractivity contribution is 0.444. The number of nitrogens with one attached hydrogen (secondary N) is 2. The molecule has 0 bridgehead atoms. The molecule has 0 aliphatic heterocycles. The van der Waals surface area contributed by atoms with Crippen LogP contribution in [0.5, 0.6) is 0 Å². The normalized spacial score (nSPS) is 18.2. The van der Waals surface area contributed by atoms with E-state index in [4.69, 9.17) is 23.8 Å². The summed E-state index contributed by atoms with van der Waals surface area (Å²) >= 11 is 15.2. The highest BCUT2D eigenvalue weighted by Gasteiger charge is 2.12. The molecule has 0 unspecified atom stereocenters. The Morgan fingerprint density at radius 2 is 1.50 bits per heavy atom. The van der Waals surface area contributed by atoms with Crippen LogP contribution in [0.4, 0.5) is 5.69 Å². The number of halogens is 2. The maximum absolute atomic E-state index is 6.26. The van der Waals surface area contributed by atoms with E-state index in [2.05, 4.69) is 26.6 Å². The molecular weight excluding hydrogens is 404 g/mol. The van der Waals surface area contributed by atoms with Crippen LogP contribution in [0.2, 0.25) is 5.02 Å². The van der Waals surface area contributed by atoms with E-state index in [0.29, 0.717) is 16.2 Å². The number of thiocarbonyl (C=S) groups is 1. The first kappa shape index (κ1) is 20.0. The van der Waals surface area contributed by atoms with Crippen LogP contribution >= 0.6 is 39.7 Å². The third-order valence-electron chi connectivity index (χ3n) is 4.62. The van der Waals surface area contributed by atoms with E-state index in [1.165, 1.54) is 70.6 Å². The molecule has 0 amide bonds. The third kappa shape index (κ3) is 7.71. The first-order valence-corrected chi connectivity index (χ1v) is 10.8. The minimum absolute atomic E-state index is 0.471. The summed E-state index contributed by atoms with van der Waals surface area (Å²) in [6, 6.07) is 6.26. The highest BCUT2D eigenvalue weighted by molar-refractivity contribution is 9.10. The Balaban J connectivity index is 1.84. The fourth-order valence-electron chi connectivity index (χ4n) is 3.24. The predicted octanol–water partition coefficient (Wildman–Crippen LogP) is 7.06. The van der Waals surface area contributed by atoms with E-state index in [1.54, 1.807) is 0 Å². The van der Waals surface area contributed by atoms with E-state index in [1.807, 2.05) is 18.2 Å². The topological polar surface area (TPSA) is 24.1 Å². The van der Waals surface area contributed by atoms with Crippen LogP contribution in [-0.4, -0.2) is 11.2 Å². The van der Waals surface area contributed by atoms with E-state index in [-0.39, 0.29) is 0 Å². The molecule has 1 saturated carbocycles. The van der Waals surface area contributed by atoms with Crippen LogP contribution in [0.3, 0.4) is 0 Å². The number of rotatable bonds is 2. The van der Waals surface area contributed by atoms with Crippen molar-refractivity contribution in [3.63, 3.8) is 0 Å². The maximum atomic E-state index is 6.26. The van der Waals surface area contributed by atoms with Gasteiger partial charge in [0.1, 0.15) is 0 Å². The van der Waals surface area contributed by atoms with Gasteiger partial charge in [-0.05, 0) is 43.3 Å². The van der Waals surface area contributed by atoms with Gasteiger partial charge in [-0.3, -0.25) is 0 Å². The van der Waals surface area contributed by atoms with E-state index >= 15 is 0 Å². The summed E-state index contributed by atoms with van der Waals surface area (Å²) in [7, 11) is 0. The van der Waals surface area contributed by atoms with Gasteiger partial charge in [0, 0.05) is 10.5 Å². The SMILES string of the molecule is S=C(Nc1ccc(Br)cc1Cl)NC1CCCCCCCCCCC1. The van der Waals surface area contributed by atoms with E-state index in [0.717, 1.165) is 10.2 Å². The largest absolute Gasteiger partial charge is 0.360 e. The molecule has 1 aliphatic carbocycles. The van der Waals surface area contributed by atoms with Gasteiger partial charge in [0.15, 0.2) is 5.11 Å². The number of benzene rings is 1. The van der Waals surface area contributed by atoms with Crippen LogP contribution in [0.1, 0.15) is 70.6 Å². The monoisotopic (exact) mass is 430 g/mol. The van der Waals surface area contributed by atoms with E-state index < -0.39 is 0 Å². The molecule has 2 N–H and O–H groups in total. The van der Waals surface area contributed by atoms with Gasteiger partial charge < -0.3 is 10.6 Å². The summed E-state index contributed by atoms with van der Waals surface area (Å²) < 4.78 is 0.969. The summed E-state index contributed by atoms with van der Waals surface area (Å²) in [6.07, 6.45) is 14.7. The molecule has 2 nitrogen and oxygen atoms in total. The molecule has 1 aromatic carbocycles. The van der Waals surface area contributed by atoms with Crippen LogP contribution in [0.15, 0.2) is 22.7 Å². The van der Waals surface area contributed by atoms with Gasteiger partial charge in [0.05, 0.1) is 10.7 Å². The molecule has 0 aromatic heterocycles. The standard InChI is InChI=1S/C19H28BrClN2S/c20-15-12-13-18(17(21)14-15)23-19(24)22-16-10-8-6-4-2-1-3-5-7-9-11-16/h12-14,16H,1-11H2,(H2,22,23,24). The van der Waals surface area contributed by atoms with Crippen molar-refractivity contribution >= 4 is 50.5 Å². The summed E-state index contributed by atoms with van der Waals surface area (Å²) in [5.41, 5.74) is 0.852. The first-order chi connectivity index (χ1) is 11.6. The summed E-state index contributed by atoms with van der Waals surface area (Å²) in [5.74, 6) is 0. The molecule has 5 heteroatoms. The second-order valence-electron chi connectivity index (χ2n) is 6.68. The zero-order chi connectivity index (χ0) is 17.2. The van der Waals surface area contributed by atoms with E-state index in [9.17, 15) is 0 Å². The number of hydrogen-bond acceptors (Lipinski definition) is 1. The number of anilines is 1. The summed E-state index contributed by atoms with van der Waals surface area (Å²) in [4.78, 5) is 0. The Morgan fingerprint density at radius 3 is 2.04 bits per heavy atom. The molecule has 0 spiro atoms. The van der Waals surface area contributed by atoms with Gasteiger partial charge in [-0.2, -0.15) is 0 Å². The van der Waals surface area contributed by atoms with Crippen molar-refractivity contribution in [3.8, 4) is 0 Å². The van der Waals surface area contributed by atoms with Crippen LogP contribution < -0.4 is 10.6 Å². The lowest BCUT2D eigenvalue weighted by atomic mass is 9.98. The Kier molecular flexibility index (Phi) is 9.44. The minimum Gasteiger partial charge on any atom is -0.360 e. The van der Waals surface area contributed by atoms with Crippen molar-refractivity contribution in [1.29, 1.82) is 0 Å². The molecular formula is C19H28BrClN2S. The Bertz CT molecular complexity index is 512. The molecule has 1 aromatic rings. The zero-order valence-corrected chi connectivity index (χ0v) is 17.4. The fraction of sp³-hybridized carbons (Fsp3) is 0.632. The van der Waals surface area contributed by atoms with Crippen molar-refractivity contribution in [3.05, 3.63) is 27.7 Å². The van der Waals surface area contributed by atoms with Crippen molar-refractivity contribution in [2.45, 2.75) is 76.7 Å². The lowest BCUT2D eigenvalue weighted by Crippen LogP contribution is -2.37. The molecule has 0 radical (unpaired) electrons. The van der Waals surface area contributed by atoms with Gasteiger partial charge in [-0.15, -0.1) is 0 Å². The van der Waals surface area contributed by atoms with Crippen molar-refractivity contribution in [2.24, 2.45) is 0 Å². The molecule has 1 aliphatic rings. The predicted molar refractivity (Wildman–Crippen MR) is 113 cm³/mol. The Labute approximate surface area is 165 Å². The summed E-state index contributed by atoms with van der Waals surface area (Å²) in [6.45, 7) is 0. The minimum atomic E-state index is 0.471. The molecule has 0 heterocycles. The molecule has 0 atom stereocenters. The maximum Gasteiger partial charge on any atom is 0.171 e. The first-order valence-electron chi connectivity index (χ1n) is 9.18. The Hall–Kier alpha value is -0.320. The smallest absolute Gasteiger partial charge is 0.171 e. The molecule has 1 fully saturated rings. The molecule has 0 saturated heterocycles. The number of hydrogen-bond donors (Lipinski definition) is 2. The summed E-state index contributed by atoms with van der Waals surface area (Å²) in [5, 5.41) is 8.10. The highest BCUT2D eigenvalue weighted by atomic mass is 79.9. The second kappa shape index (κ2) is 11.3. The van der Waals surface area contributed by atoms with Crippen LogP contribution in [0.25, 0.3) is 0 Å². The van der Waals surface area contributed by atoms with Gasteiger partial charge >= 0.3 is 0 Å². The van der Waals surface area contributed by atoms with Crippen LogP contribution in [0, 0.1) is 0 Å². The van der Waals surface area contributed by atoms with Crippen molar-refractivity contribution in [2.75, 3.05) is 5.32 Å². The van der Waals surface area contributed by atoms with Gasteiger partial charge in [0.25, 0.3) is 0 Å². The highest BCUT2D eigenvalue weighted by Crippen LogP contribution is 2.25. The molecule has 134 valence electrons. The lowest BCUT2D eigenvalue weighted by Gasteiger charge is -2.22. The van der Waals surface area contributed by atoms with Crippen LogP contribution in [-0.2, 0) is 0 Å².